The molecular formula is C15H14Cl2OS. The Kier molecular flexibility index (Phi) is 5.17. The van der Waals surface area contributed by atoms with Gasteiger partial charge in [-0.2, -0.15) is 0 Å². The lowest BCUT2D eigenvalue weighted by atomic mass is 10.1. The Balaban J connectivity index is 2.01. The van der Waals surface area contributed by atoms with Gasteiger partial charge in [-0.3, -0.25) is 0 Å². The quantitative estimate of drug-likeness (QED) is 0.790. The molecule has 0 bridgehead atoms. The van der Waals surface area contributed by atoms with E-state index in [-0.39, 0.29) is 0 Å². The highest BCUT2D eigenvalue weighted by Gasteiger charge is 2.10. The van der Waals surface area contributed by atoms with Crippen molar-refractivity contribution in [2.24, 2.45) is 0 Å². The largest absolute Gasteiger partial charge is 0.388 e. The van der Waals surface area contributed by atoms with Crippen LogP contribution in [0.25, 0.3) is 0 Å². The number of halogens is 2. The molecule has 0 aromatic heterocycles. The minimum atomic E-state index is -0.555. The van der Waals surface area contributed by atoms with Crippen molar-refractivity contribution in [1.29, 1.82) is 0 Å². The summed E-state index contributed by atoms with van der Waals surface area (Å²) in [7, 11) is 0. The Morgan fingerprint density at radius 3 is 2.58 bits per heavy atom. The molecule has 0 spiro atoms. The van der Waals surface area contributed by atoms with E-state index in [4.69, 9.17) is 23.2 Å². The zero-order valence-electron chi connectivity index (χ0n) is 10.4. The zero-order chi connectivity index (χ0) is 13.8. The molecule has 2 aromatic rings. The predicted octanol–water partition coefficient (Wildman–Crippen LogP) is 5.13. The summed E-state index contributed by atoms with van der Waals surface area (Å²) >= 11 is 13.4. The van der Waals surface area contributed by atoms with Crippen LogP contribution in [-0.2, 0) is 0 Å². The van der Waals surface area contributed by atoms with Gasteiger partial charge in [0.1, 0.15) is 0 Å². The maximum atomic E-state index is 10.1. The fraction of sp³-hybridized carbons (Fsp3) is 0.200. The van der Waals surface area contributed by atoms with Crippen LogP contribution in [0.5, 0.6) is 0 Å². The molecule has 2 aromatic carbocycles. The summed E-state index contributed by atoms with van der Waals surface area (Å²) in [6.07, 6.45) is -0.555. The molecule has 1 N–H and O–H groups in total. The van der Waals surface area contributed by atoms with E-state index in [1.54, 1.807) is 30.0 Å². The fourth-order valence-electron chi connectivity index (χ4n) is 1.70. The minimum absolute atomic E-state index is 0.471. The topological polar surface area (TPSA) is 20.2 Å². The standard InChI is InChI=1S/C15H14Cl2OS/c1-10-3-2-4-12(7-10)19-9-15(18)11-5-6-13(16)14(17)8-11/h2-8,15,18H,9H2,1H3. The van der Waals surface area contributed by atoms with Crippen molar-refractivity contribution in [1.82, 2.24) is 0 Å². The van der Waals surface area contributed by atoms with Crippen LogP contribution in [0, 0.1) is 6.92 Å². The van der Waals surface area contributed by atoms with Crippen molar-refractivity contribution in [2.75, 3.05) is 5.75 Å². The fourth-order valence-corrected chi connectivity index (χ4v) is 2.99. The van der Waals surface area contributed by atoms with Crippen molar-refractivity contribution < 1.29 is 5.11 Å². The van der Waals surface area contributed by atoms with Crippen LogP contribution in [0.2, 0.25) is 10.0 Å². The molecule has 100 valence electrons. The van der Waals surface area contributed by atoms with Gasteiger partial charge in [-0.05, 0) is 36.8 Å². The first-order chi connectivity index (χ1) is 9.06. The normalized spacial score (nSPS) is 12.4. The highest BCUT2D eigenvalue weighted by atomic mass is 35.5. The first kappa shape index (κ1) is 14.7. The van der Waals surface area contributed by atoms with E-state index in [1.165, 1.54) is 5.56 Å². The van der Waals surface area contributed by atoms with Crippen LogP contribution in [0.3, 0.4) is 0 Å². The number of aliphatic hydroxyl groups is 1. The lowest BCUT2D eigenvalue weighted by Gasteiger charge is -2.11. The molecule has 0 saturated heterocycles. The first-order valence-corrected chi connectivity index (χ1v) is 7.63. The number of thioether (sulfide) groups is 1. The van der Waals surface area contributed by atoms with E-state index in [0.29, 0.717) is 15.8 Å². The number of hydrogen-bond acceptors (Lipinski definition) is 2. The molecule has 0 saturated carbocycles. The molecule has 0 radical (unpaired) electrons. The Morgan fingerprint density at radius 2 is 1.89 bits per heavy atom. The van der Waals surface area contributed by atoms with Gasteiger partial charge >= 0.3 is 0 Å². The summed E-state index contributed by atoms with van der Waals surface area (Å²) in [6.45, 7) is 2.06. The zero-order valence-corrected chi connectivity index (χ0v) is 12.8. The lowest BCUT2D eigenvalue weighted by molar-refractivity contribution is 0.204. The van der Waals surface area contributed by atoms with Gasteiger partial charge in [-0.25, -0.2) is 0 Å². The Labute approximate surface area is 127 Å². The van der Waals surface area contributed by atoms with Crippen LogP contribution in [0.1, 0.15) is 17.2 Å². The number of aryl methyl sites for hydroxylation is 1. The van der Waals surface area contributed by atoms with Gasteiger partial charge in [0.15, 0.2) is 0 Å². The molecule has 1 nitrogen and oxygen atoms in total. The smallest absolute Gasteiger partial charge is 0.0884 e. The van der Waals surface area contributed by atoms with E-state index in [1.807, 2.05) is 12.1 Å². The molecule has 0 aliphatic heterocycles. The van der Waals surface area contributed by atoms with Gasteiger partial charge in [0.25, 0.3) is 0 Å². The van der Waals surface area contributed by atoms with Gasteiger partial charge < -0.3 is 5.11 Å². The maximum Gasteiger partial charge on any atom is 0.0884 e. The third kappa shape index (κ3) is 4.15. The second-order valence-electron chi connectivity index (χ2n) is 4.32. The minimum Gasteiger partial charge on any atom is -0.388 e. The summed E-state index contributed by atoms with van der Waals surface area (Å²) in [6, 6.07) is 13.4. The average molecular weight is 313 g/mol. The molecule has 0 aliphatic carbocycles. The monoisotopic (exact) mass is 312 g/mol. The van der Waals surface area contributed by atoms with Crippen LogP contribution < -0.4 is 0 Å². The Hall–Kier alpha value is -0.670. The first-order valence-electron chi connectivity index (χ1n) is 5.89. The van der Waals surface area contributed by atoms with Gasteiger partial charge in [0.2, 0.25) is 0 Å². The molecule has 1 unspecified atom stereocenters. The predicted molar refractivity (Wildman–Crippen MR) is 83.3 cm³/mol. The molecule has 0 fully saturated rings. The van der Waals surface area contributed by atoms with Crippen molar-refractivity contribution in [3.05, 3.63) is 63.6 Å². The summed E-state index contributed by atoms with van der Waals surface area (Å²) in [4.78, 5) is 1.15. The summed E-state index contributed by atoms with van der Waals surface area (Å²) < 4.78 is 0. The van der Waals surface area contributed by atoms with Gasteiger partial charge in [0, 0.05) is 10.6 Å². The van der Waals surface area contributed by atoms with Gasteiger partial charge in [-0.15, -0.1) is 11.8 Å². The molecule has 0 aliphatic rings. The van der Waals surface area contributed by atoms with Crippen LogP contribution in [0.15, 0.2) is 47.4 Å². The molecule has 1 atom stereocenters. The van der Waals surface area contributed by atoms with E-state index >= 15 is 0 Å². The van der Waals surface area contributed by atoms with E-state index in [9.17, 15) is 5.11 Å². The molecule has 0 heterocycles. The average Bonchev–Trinajstić information content (AvgIpc) is 2.39. The van der Waals surface area contributed by atoms with Crippen LogP contribution in [0.4, 0.5) is 0 Å². The van der Waals surface area contributed by atoms with Crippen LogP contribution >= 0.6 is 35.0 Å². The second-order valence-corrected chi connectivity index (χ2v) is 6.22. The van der Waals surface area contributed by atoms with Gasteiger partial charge in [0.05, 0.1) is 16.1 Å². The number of rotatable bonds is 4. The van der Waals surface area contributed by atoms with E-state index in [0.717, 1.165) is 10.5 Å². The highest BCUT2D eigenvalue weighted by Crippen LogP contribution is 2.29. The third-order valence-corrected chi connectivity index (χ3v) is 4.53. The summed E-state index contributed by atoms with van der Waals surface area (Å²) in [5.74, 6) is 0.585. The van der Waals surface area contributed by atoms with Gasteiger partial charge in [-0.1, -0.05) is 47.0 Å². The maximum absolute atomic E-state index is 10.1. The summed E-state index contributed by atoms with van der Waals surface area (Å²) in [5, 5.41) is 11.1. The van der Waals surface area contributed by atoms with E-state index < -0.39 is 6.10 Å². The van der Waals surface area contributed by atoms with Crippen molar-refractivity contribution in [3.8, 4) is 0 Å². The molecule has 2 rings (SSSR count). The SMILES string of the molecule is Cc1cccc(SCC(O)c2ccc(Cl)c(Cl)c2)c1. The van der Waals surface area contributed by atoms with Crippen molar-refractivity contribution in [3.63, 3.8) is 0 Å². The van der Waals surface area contributed by atoms with Crippen molar-refractivity contribution in [2.45, 2.75) is 17.9 Å². The number of hydrogen-bond donors (Lipinski definition) is 1. The molecule has 19 heavy (non-hydrogen) atoms. The Morgan fingerprint density at radius 1 is 1.11 bits per heavy atom. The third-order valence-electron chi connectivity index (χ3n) is 2.73. The number of benzene rings is 2. The molecule has 4 heteroatoms. The highest BCUT2D eigenvalue weighted by molar-refractivity contribution is 7.99. The molecular weight excluding hydrogens is 299 g/mol. The second kappa shape index (κ2) is 6.67. The van der Waals surface area contributed by atoms with Crippen LogP contribution in [-0.4, -0.2) is 10.9 Å². The van der Waals surface area contributed by atoms with E-state index in [2.05, 4.69) is 19.1 Å². The number of aliphatic hydroxyl groups excluding tert-OH is 1. The van der Waals surface area contributed by atoms with Crippen molar-refractivity contribution >= 4 is 35.0 Å². The lowest BCUT2D eigenvalue weighted by Crippen LogP contribution is -2.00. The Bertz CT molecular complexity index is 572. The summed E-state index contributed by atoms with van der Waals surface area (Å²) in [5.41, 5.74) is 2.00. The molecule has 0 amide bonds.